The molecular weight excluding hydrogens is 313 g/mol. The first-order valence-corrected chi connectivity index (χ1v) is 7.72. The first-order chi connectivity index (χ1) is 11.6. The topological polar surface area (TPSA) is 98.6 Å². The van der Waals surface area contributed by atoms with Gasteiger partial charge < -0.3 is 20.3 Å². The molecule has 0 saturated carbocycles. The third kappa shape index (κ3) is 5.62. The van der Waals surface area contributed by atoms with Crippen LogP contribution < -0.4 is 11.1 Å². The molecule has 0 aliphatic rings. The van der Waals surface area contributed by atoms with E-state index < -0.39 is 0 Å². The van der Waals surface area contributed by atoms with Crippen molar-refractivity contribution in [2.24, 2.45) is 10.7 Å². The van der Waals surface area contributed by atoms with Gasteiger partial charge in [0, 0.05) is 31.7 Å². The number of nitrogens with one attached hydrogen (secondary N) is 1. The largest absolute Gasteiger partial charge is 0.383 e. The summed E-state index contributed by atoms with van der Waals surface area (Å²) in [4.78, 5) is 8.52. The predicted molar refractivity (Wildman–Crippen MR) is 89.0 cm³/mol. The maximum Gasteiger partial charge on any atom is 0.227 e. The Hall–Kier alpha value is -2.48. The van der Waals surface area contributed by atoms with Gasteiger partial charge in [-0.05, 0) is 37.6 Å². The summed E-state index contributed by atoms with van der Waals surface area (Å²) < 4.78 is 23.1. The molecular formula is C16H22FN5O2. The third-order valence-corrected chi connectivity index (χ3v) is 3.21. The van der Waals surface area contributed by atoms with Crippen molar-refractivity contribution in [3.63, 3.8) is 0 Å². The number of aromatic nitrogens is 2. The summed E-state index contributed by atoms with van der Waals surface area (Å²) in [7, 11) is 1.64. The Morgan fingerprint density at radius 2 is 2.17 bits per heavy atom. The van der Waals surface area contributed by atoms with Crippen LogP contribution in [-0.2, 0) is 11.2 Å². The van der Waals surface area contributed by atoms with Crippen LogP contribution in [0.2, 0.25) is 0 Å². The Bertz CT molecular complexity index is 657. The Kier molecular flexibility index (Phi) is 6.68. The fourth-order valence-electron chi connectivity index (χ4n) is 2.09. The molecule has 8 heteroatoms. The smallest absolute Gasteiger partial charge is 0.227 e. The zero-order valence-corrected chi connectivity index (χ0v) is 13.8. The van der Waals surface area contributed by atoms with E-state index in [1.54, 1.807) is 19.2 Å². The quantitative estimate of drug-likeness (QED) is 0.433. The summed E-state index contributed by atoms with van der Waals surface area (Å²) in [6, 6.07) is 6.05. The Labute approximate surface area is 140 Å². The van der Waals surface area contributed by atoms with E-state index in [0.29, 0.717) is 42.8 Å². The van der Waals surface area contributed by atoms with Gasteiger partial charge in [-0.15, -0.1) is 0 Å². The fraction of sp³-hybridized carbons (Fsp3) is 0.438. The van der Waals surface area contributed by atoms with Gasteiger partial charge in [-0.2, -0.15) is 4.98 Å². The molecule has 24 heavy (non-hydrogen) atoms. The number of halogens is 1. The molecule has 1 heterocycles. The van der Waals surface area contributed by atoms with Gasteiger partial charge in [0.15, 0.2) is 5.96 Å². The lowest BCUT2D eigenvalue weighted by atomic mass is 10.2. The van der Waals surface area contributed by atoms with Crippen LogP contribution in [-0.4, -0.2) is 42.4 Å². The molecule has 0 spiro atoms. The zero-order chi connectivity index (χ0) is 17.4. The molecule has 0 radical (unpaired) electrons. The maximum absolute atomic E-state index is 12.9. The van der Waals surface area contributed by atoms with E-state index in [-0.39, 0.29) is 11.9 Å². The number of nitrogens with two attached hydrogens (primary N) is 1. The number of hydrogen-bond donors (Lipinski definition) is 2. The molecule has 0 aliphatic carbocycles. The van der Waals surface area contributed by atoms with Crippen molar-refractivity contribution in [3.8, 4) is 11.4 Å². The zero-order valence-electron chi connectivity index (χ0n) is 13.8. The lowest BCUT2D eigenvalue weighted by Crippen LogP contribution is -2.40. The molecule has 0 saturated heterocycles. The van der Waals surface area contributed by atoms with Crippen LogP contribution in [0.15, 0.2) is 33.8 Å². The summed E-state index contributed by atoms with van der Waals surface area (Å²) in [6.07, 6.45) is 1.32. The van der Waals surface area contributed by atoms with Crippen LogP contribution in [0, 0.1) is 5.82 Å². The standard InChI is InChI=1S/C16H22FN5O2/c1-11(10-23-2)20-16(18)19-9-3-4-14-21-15(22-24-14)12-5-7-13(17)8-6-12/h5-8,11H,3-4,9-10H2,1-2H3,(H3,18,19,20). The van der Waals surface area contributed by atoms with Crippen molar-refractivity contribution in [2.75, 3.05) is 20.3 Å². The predicted octanol–water partition coefficient (Wildman–Crippen LogP) is 1.75. The number of nitrogens with zero attached hydrogens (tertiary/aromatic N) is 3. The van der Waals surface area contributed by atoms with Gasteiger partial charge in [0.2, 0.25) is 11.7 Å². The van der Waals surface area contributed by atoms with E-state index in [0.717, 1.165) is 6.42 Å². The number of guanidine groups is 1. The second-order valence-electron chi connectivity index (χ2n) is 5.39. The molecule has 0 fully saturated rings. The van der Waals surface area contributed by atoms with Crippen LogP contribution in [0.1, 0.15) is 19.2 Å². The highest BCUT2D eigenvalue weighted by molar-refractivity contribution is 5.78. The van der Waals surface area contributed by atoms with Crippen LogP contribution in [0.4, 0.5) is 4.39 Å². The van der Waals surface area contributed by atoms with Crippen molar-refractivity contribution in [1.82, 2.24) is 15.5 Å². The van der Waals surface area contributed by atoms with Crippen molar-refractivity contribution < 1.29 is 13.7 Å². The van der Waals surface area contributed by atoms with Crippen molar-refractivity contribution in [2.45, 2.75) is 25.8 Å². The third-order valence-electron chi connectivity index (χ3n) is 3.21. The lowest BCUT2D eigenvalue weighted by Gasteiger charge is -2.12. The number of ether oxygens (including phenoxy) is 1. The van der Waals surface area contributed by atoms with Gasteiger partial charge in [-0.1, -0.05) is 5.16 Å². The Morgan fingerprint density at radius 3 is 2.88 bits per heavy atom. The van der Waals surface area contributed by atoms with Gasteiger partial charge in [0.1, 0.15) is 5.82 Å². The minimum Gasteiger partial charge on any atom is -0.383 e. The molecule has 7 nitrogen and oxygen atoms in total. The molecule has 0 amide bonds. The van der Waals surface area contributed by atoms with E-state index in [4.69, 9.17) is 15.0 Å². The molecule has 1 atom stereocenters. The summed E-state index contributed by atoms with van der Waals surface area (Å²) in [5, 5.41) is 6.92. The second kappa shape index (κ2) is 8.97. The number of aliphatic imine (C=N–C) groups is 1. The number of hydrogen-bond acceptors (Lipinski definition) is 5. The SMILES string of the molecule is COCC(C)NC(N)=NCCCc1nc(-c2ccc(F)cc2)no1. The van der Waals surface area contributed by atoms with E-state index in [1.165, 1.54) is 12.1 Å². The van der Waals surface area contributed by atoms with Crippen molar-refractivity contribution in [1.29, 1.82) is 0 Å². The highest BCUT2D eigenvalue weighted by Gasteiger charge is 2.08. The summed E-state index contributed by atoms with van der Waals surface area (Å²) in [5.74, 6) is 1.05. The second-order valence-corrected chi connectivity index (χ2v) is 5.39. The molecule has 1 aromatic carbocycles. The molecule has 0 bridgehead atoms. The van der Waals surface area contributed by atoms with E-state index in [9.17, 15) is 4.39 Å². The normalized spacial score (nSPS) is 13.0. The van der Waals surface area contributed by atoms with Crippen LogP contribution in [0.25, 0.3) is 11.4 Å². The fourth-order valence-corrected chi connectivity index (χ4v) is 2.09. The van der Waals surface area contributed by atoms with Crippen molar-refractivity contribution >= 4 is 5.96 Å². The summed E-state index contributed by atoms with van der Waals surface area (Å²) in [6.45, 7) is 3.07. The number of rotatable bonds is 8. The molecule has 2 aromatic rings. The van der Waals surface area contributed by atoms with Crippen LogP contribution in [0.5, 0.6) is 0 Å². The van der Waals surface area contributed by atoms with Gasteiger partial charge in [-0.25, -0.2) is 4.39 Å². The lowest BCUT2D eigenvalue weighted by molar-refractivity contribution is 0.179. The number of aryl methyl sites for hydroxylation is 1. The van der Waals surface area contributed by atoms with Crippen molar-refractivity contribution in [3.05, 3.63) is 36.0 Å². The minimum absolute atomic E-state index is 0.105. The van der Waals surface area contributed by atoms with Crippen LogP contribution in [0.3, 0.4) is 0 Å². The van der Waals surface area contributed by atoms with Gasteiger partial charge in [-0.3, -0.25) is 4.99 Å². The van der Waals surface area contributed by atoms with Crippen LogP contribution >= 0.6 is 0 Å². The molecule has 2 rings (SSSR count). The first-order valence-electron chi connectivity index (χ1n) is 7.72. The van der Waals surface area contributed by atoms with Gasteiger partial charge >= 0.3 is 0 Å². The maximum atomic E-state index is 12.9. The summed E-state index contributed by atoms with van der Waals surface area (Å²) in [5.41, 5.74) is 6.49. The molecule has 3 N–H and O–H groups in total. The van der Waals surface area contributed by atoms with E-state index in [1.807, 2.05) is 6.92 Å². The first kappa shape index (κ1) is 17.9. The number of benzene rings is 1. The van der Waals surface area contributed by atoms with E-state index in [2.05, 4.69) is 20.4 Å². The van der Waals surface area contributed by atoms with Gasteiger partial charge in [0.05, 0.1) is 6.61 Å². The molecule has 1 aromatic heterocycles. The van der Waals surface area contributed by atoms with E-state index >= 15 is 0 Å². The number of methoxy groups -OCH3 is 1. The highest BCUT2D eigenvalue weighted by Crippen LogP contribution is 2.16. The molecule has 1 unspecified atom stereocenters. The average Bonchev–Trinajstić information content (AvgIpc) is 3.01. The Morgan fingerprint density at radius 1 is 1.42 bits per heavy atom. The monoisotopic (exact) mass is 335 g/mol. The summed E-state index contributed by atoms with van der Waals surface area (Å²) >= 11 is 0. The minimum atomic E-state index is -0.300. The van der Waals surface area contributed by atoms with Gasteiger partial charge in [0.25, 0.3) is 0 Å². The molecule has 130 valence electrons. The Balaban J connectivity index is 1.78. The highest BCUT2D eigenvalue weighted by atomic mass is 19.1. The molecule has 0 aliphatic heterocycles. The average molecular weight is 335 g/mol.